The minimum Gasteiger partial charge on any atom is -0.378 e. The van der Waals surface area contributed by atoms with E-state index in [1.807, 2.05) is 28.9 Å². The molecular formula is C13H16N8. The first-order chi connectivity index (χ1) is 10.4. The van der Waals surface area contributed by atoms with Crippen LogP contribution in [-0.2, 0) is 13.1 Å². The first-order valence-electron chi connectivity index (χ1n) is 6.81. The number of aromatic nitrogens is 7. The Balaban J connectivity index is 1.64. The number of tetrazole rings is 1. The van der Waals surface area contributed by atoms with Crippen LogP contribution in [0.15, 0.2) is 36.9 Å². The summed E-state index contributed by atoms with van der Waals surface area (Å²) in [4.78, 5) is 3.93. The minimum atomic E-state index is 0.593. The van der Waals surface area contributed by atoms with Crippen molar-refractivity contribution in [1.29, 1.82) is 0 Å². The molecule has 3 aromatic rings. The summed E-state index contributed by atoms with van der Waals surface area (Å²) in [6.45, 7) is 3.52. The van der Waals surface area contributed by atoms with E-state index in [9.17, 15) is 0 Å². The molecule has 2 heterocycles. The molecular weight excluding hydrogens is 268 g/mol. The summed E-state index contributed by atoms with van der Waals surface area (Å²) in [7, 11) is 0. The topological polar surface area (TPSA) is 86.3 Å². The van der Waals surface area contributed by atoms with E-state index in [-0.39, 0.29) is 0 Å². The maximum atomic E-state index is 4.09. The van der Waals surface area contributed by atoms with E-state index in [0.29, 0.717) is 6.54 Å². The van der Waals surface area contributed by atoms with Gasteiger partial charge < -0.3 is 5.32 Å². The summed E-state index contributed by atoms with van der Waals surface area (Å²) >= 11 is 0. The van der Waals surface area contributed by atoms with Crippen LogP contribution in [0.25, 0.3) is 5.69 Å². The second-order valence-corrected chi connectivity index (χ2v) is 4.56. The molecule has 3 rings (SSSR count). The first kappa shape index (κ1) is 13.2. The zero-order valence-corrected chi connectivity index (χ0v) is 11.7. The van der Waals surface area contributed by atoms with Gasteiger partial charge in [0.15, 0.2) is 5.82 Å². The predicted octanol–water partition coefficient (Wildman–Crippen LogP) is 1.28. The molecule has 8 heteroatoms. The van der Waals surface area contributed by atoms with Gasteiger partial charge in [-0.1, -0.05) is 6.92 Å². The third-order valence-electron chi connectivity index (χ3n) is 3.04. The Hall–Kier alpha value is -2.77. The second kappa shape index (κ2) is 6.12. The van der Waals surface area contributed by atoms with E-state index >= 15 is 0 Å². The molecule has 0 radical (unpaired) electrons. The van der Waals surface area contributed by atoms with Gasteiger partial charge in [-0.05, 0) is 41.1 Å². The third kappa shape index (κ3) is 3.04. The highest BCUT2D eigenvalue weighted by molar-refractivity contribution is 5.48. The number of nitrogens with one attached hydrogen (secondary N) is 1. The van der Waals surface area contributed by atoms with Gasteiger partial charge >= 0.3 is 0 Å². The summed E-state index contributed by atoms with van der Waals surface area (Å²) in [5.41, 5.74) is 1.97. The molecule has 0 unspecified atom stereocenters. The van der Waals surface area contributed by atoms with Gasteiger partial charge in [0.25, 0.3) is 0 Å². The van der Waals surface area contributed by atoms with Crippen LogP contribution in [0.4, 0.5) is 5.69 Å². The van der Waals surface area contributed by atoms with E-state index < -0.39 is 0 Å². The maximum Gasteiger partial charge on any atom is 0.170 e. The molecule has 0 aliphatic rings. The van der Waals surface area contributed by atoms with Crippen LogP contribution in [-0.4, -0.2) is 35.0 Å². The van der Waals surface area contributed by atoms with E-state index in [1.165, 1.54) is 6.33 Å². The van der Waals surface area contributed by atoms with Gasteiger partial charge in [-0.3, -0.25) is 0 Å². The lowest BCUT2D eigenvalue weighted by atomic mass is 10.3. The second-order valence-electron chi connectivity index (χ2n) is 4.56. The Morgan fingerprint density at radius 1 is 1.19 bits per heavy atom. The molecule has 0 aliphatic carbocycles. The van der Waals surface area contributed by atoms with E-state index in [4.69, 9.17) is 0 Å². The van der Waals surface area contributed by atoms with Gasteiger partial charge in [0.05, 0.1) is 12.2 Å². The summed E-state index contributed by atoms with van der Waals surface area (Å²) in [5, 5.41) is 19.1. The zero-order chi connectivity index (χ0) is 14.5. The molecule has 21 heavy (non-hydrogen) atoms. The molecule has 1 N–H and O–H groups in total. The van der Waals surface area contributed by atoms with Crippen LogP contribution in [0.3, 0.4) is 0 Å². The molecule has 1 aromatic carbocycles. The Morgan fingerprint density at radius 2 is 2.05 bits per heavy atom. The average Bonchev–Trinajstić information content (AvgIpc) is 3.18. The largest absolute Gasteiger partial charge is 0.378 e. The van der Waals surface area contributed by atoms with Crippen LogP contribution in [0, 0.1) is 0 Å². The fraction of sp³-hybridized carbons (Fsp3) is 0.308. The highest BCUT2D eigenvalue weighted by atomic mass is 15.5. The van der Waals surface area contributed by atoms with Crippen molar-refractivity contribution < 1.29 is 0 Å². The average molecular weight is 284 g/mol. The van der Waals surface area contributed by atoms with Gasteiger partial charge in [-0.2, -0.15) is 5.10 Å². The van der Waals surface area contributed by atoms with E-state index in [2.05, 4.69) is 37.8 Å². The highest BCUT2D eigenvalue weighted by Gasteiger charge is 2.04. The Kier molecular flexibility index (Phi) is 3.85. The number of benzene rings is 1. The standard InChI is InChI=1S/C13H16N8/c1-2-7-20-13(17-18-19-20)8-15-11-3-5-12(6-4-11)21-10-14-9-16-21/h3-6,9-10,15H,2,7-8H2,1H3. The molecule has 0 saturated carbocycles. The predicted molar refractivity (Wildman–Crippen MR) is 76.8 cm³/mol. The molecule has 8 nitrogen and oxygen atoms in total. The van der Waals surface area contributed by atoms with Gasteiger partial charge in [-0.25, -0.2) is 14.3 Å². The fourth-order valence-corrected chi connectivity index (χ4v) is 1.99. The summed E-state index contributed by atoms with van der Waals surface area (Å²) in [6.07, 6.45) is 4.19. The van der Waals surface area contributed by atoms with Crippen molar-refractivity contribution >= 4 is 5.69 Å². The molecule has 0 amide bonds. The molecule has 108 valence electrons. The van der Waals surface area contributed by atoms with Crippen molar-refractivity contribution in [2.75, 3.05) is 5.32 Å². The zero-order valence-electron chi connectivity index (χ0n) is 11.7. The van der Waals surface area contributed by atoms with Crippen molar-refractivity contribution in [3.05, 3.63) is 42.7 Å². The third-order valence-corrected chi connectivity index (χ3v) is 3.04. The van der Waals surface area contributed by atoms with Crippen molar-refractivity contribution in [3.63, 3.8) is 0 Å². The molecule has 0 spiro atoms. The minimum absolute atomic E-state index is 0.593. The fourth-order valence-electron chi connectivity index (χ4n) is 1.99. The van der Waals surface area contributed by atoms with Crippen molar-refractivity contribution in [3.8, 4) is 5.69 Å². The maximum absolute atomic E-state index is 4.09. The molecule has 0 aliphatic heterocycles. The van der Waals surface area contributed by atoms with Gasteiger partial charge in [0.2, 0.25) is 0 Å². The quantitative estimate of drug-likeness (QED) is 0.733. The monoisotopic (exact) mass is 284 g/mol. The van der Waals surface area contributed by atoms with Crippen LogP contribution < -0.4 is 5.32 Å². The number of hydrogen-bond donors (Lipinski definition) is 1. The number of nitrogens with zero attached hydrogens (tertiary/aromatic N) is 7. The smallest absolute Gasteiger partial charge is 0.170 e. The molecule has 2 aromatic heterocycles. The number of anilines is 1. The van der Waals surface area contributed by atoms with Gasteiger partial charge in [0.1, 0.15) is 12.7 Å². The Morgan fingerprint density at radius 3 is 2.76 bits per heavy atom. The number of rotatable bonds is 6. The van der Waals surface area contributed by atoms with Gasteiger partial charge in [0, 0.05) is 12.2 Å². The van der Waals surface area contributed by atoms with Crippen molar-refractivity contribution in [2.45, 2.75) is 26.4 Å². The molecule has 0 bridgehead atoms. The molecule has 0 atom stereocenters. The van der Waals surface area contributed by atoms with E-state index in [0.717, 1.165) is 30.2 Å². The Bertz CT molecular complexity index is 671. The molecule has 0 fully saturated rings. The lowest BCUT2D eigenvalue weighted by Gasteiger charge is -2.07. The van der Waals surface area contributed by atoms with Gasteiger partial charge in [-0.15, -0.1) is 5.10 Å². The van der Waals surface area contributed by atoms with Crippen LogP contribution >= 0.6 is 0 Å². The SMILES string of the molecule is CCCn1nnnc1CNc1ccc(-n2cncn2)cc1. The summed E-state index contributed by atoms with van der Waals surface area (Å²) in [6, 6.07) is 7.94. The number of aryl methyl sites for hydroxylation is 1. The summed E-state index contributed by atoms with van der Waals surface area (Å²) in [5.74, 6) is 0.831. The van der Waals surface area contributed by atoms with Crippen molar-refractivity contribution in [2.24, 2.45) is 0 Å². The normalized spacial score (nSPS) is 10.7. The van der Waals surface area contributed by atoms with Crippen molar-refractivity contribution in [1.82, 2.24) is 35.0 Å². The lowest BCUT2D eigenvalue weighted by molar-refractivity contribution is 0.558. The highest BCUT2D eigenvalue weighted by Crippen LogP contribution is 2.12. The Labute approximate surface area is 121 Å². The van der Waals surface area contributed by atoms with Crippen LogP contribution in [0.5, 0.6) is 0 Å². The first-order valence-corrected chi connectivity index (χ1v) is 6.81. The lowest BCUT2D eigenvalue weighted by Crippen LogP contribution is -2.10. The molecule has 0 saturated heterocycles. The van der Waals surface area contributed by atoms with Crippen LogP contribution in [0.2, 0.25) is 0 Å². The van der Waals surface area contributed by atoms with E-state index in [1.54, 1.807) is 11.0 Å². The summed E-state index contributed by atoms with van der Waals surface area (Å²) < 4.78 is 3.53. The van der Waals surface area contributed by atoms with Crippen LogP contribution in [0.1, 0.15) is 19.2 Å². The number of hydrogen-bond acceptors (Lipinski definition) is 6.